The lowest BCUT2D eigenvalue weighted by atomic mass is 10.0. The molecule has 0 atom stereocenters. The molecule has 0 fully saturated rings. The van der Waals surface area contributed by atoms with Crippen LogP contribution in [0.4, 0.5) is 0 Å². The molecule has 0 aliphatic heterocycles. The number of halogens is 1. The summed E-state index contributed by atoms with van der Waals surface area (Å²) in [5.74, 6) is 2.04. The predicted molar refractivity (Wildman–Crippen MR) is 87.2 cm³/mol. The third-order valence-corrected chi connectivity index (χ3v) is 4.13. The Labute approximate surface area is 131 Å². The zero-order valence-electron chi connectivity index (χ0n) is 12.8. The standard InChI is InChI=1S/C17H23ClN2O/c1-13-11-16(21-2)14(12-15(13)18)7-5-3-4-6-8-17-19-9-10-20-17/h9-12H,3-8H2,1-2H3,(H,19,20). The third kappa shape index (κ3) is 4.78. The van der Waals surface area contributed by atoms with Gasteiger partial charge < -0.3 is 9.72 Å². The number of benzene rings is 1. The summed E-state index contributed by atoms with van der Waals surface area (Å²) in [7, 11) is 1.72. The fourth-order valence-corrected chi connectivity index (χ4v) is 2.66. The minimum atomic E-state index is 0.823. The first-order chi connectivity index (χ1) is 10.2. The van der Waals surface area contributed by atoms with Gasteiger partial charge in [0, 0.05) is 23.8 Å². The summed E-state index contributed by atoms with van der Waals surface area (Å²) < 4.78 is 5.44. The molecule has 1 aromatic heterocycles. The number of hydrogen-bond donors (Lipinski definition) is 1. The Morgan fingerprint density at radius 3 is 2.57 bits per heavy atom. The van der Waals surface area contributed by atoms with Crippen LogP contribution in [0.25, 0.3) is 0 Å². The summed E-state index contributed by atoms with van der Waals surface area (Å²) in [6.07, 6.45) is 10.5. The summed E-state index contributed by atoms with van der Waals surface area (Å²) in [4.78, 5) is 7.37. The highest BCUT2D eigenvalue weighted by atomic mass is 35.5. The molecule has 0 aliphatic carbocycles. The van der Waals surface area contributed by atoms with E-state index in [1.54, 1.807) is 7.11 Å². The number of methoxy groups -OCH3 is 1. The van der Waals surface area contributed by atoms with Gasteiger partial charge >= 0.3 is 0 Å². The smallest absolute Gasteiger partial charge is 0.122 e. The average Bonchev–Trinajstić information content (AvgIpc) is 2.99. The Bertz CT molecular complexity index is 552. The van der Waals surface area contributed by atoms with Gasteiger partial charge in [-0.1, -0.05) is 24.4 Å². The van der Waals surface area contributed by atoms with E-state index in [2.05, 4.69) is 9.97 Å². The van der Waals surface area contributed by atoms with E-state index in [1.165, 1.54) is 24.8 Å². The molecule has 0 saturated carbocycles. The van der Waals surface area contributed by atoms with Crippen LogP contribution in [0.1, 0.15) is 42.6 Å². The van der Waals surface area contributed by atoms with Crippen molar-refractivity contribution < 1.29 is 4.74 Å². The number of aryl methyl sites for hydroxylation is 3. The van der Waals surface area contributed by atoms with Crippen molar-refractivity contribution in [2.45, 2.75) is 45.4 Å². The Morgan fingerprint density at radius 2 is 1.90 bits per heavy atom. The van der Waals surface area contributed by atoms with Gasteiger partial charge in [0.25, 0.3) is 0 Å². The molecule has 2 rings (SSSR count). The van der Waals surface area contributed by atoms with Crippen molar-refractivity contribution in [1.82, 2.24) is 9.97 Å². The average molecular weight is 307 g/mol. The maximum atomic E-state index is 6.20. The second-order valence-corrected chi connectivity index (χ2v) is 5.77. The van der Waals surface area contributed by atoms with Crippen molar-refractivity contribution >= 4 is 11.6 Å². The van der Waals surface area contributed by atoms with Crippen molar-refractivity contribution in [3.05, 3.63) is 46.5 Å². The van der Waals surface area contributed by atoms with Gasteiger partial charge in [0.15, 0.2) is 0 Å². The summed E-state index contributed by atoms with van der Waals surface area (Å²) >= 11 is 6.20. The van der Waals surface area contributed by atoms with Crippen LogP contribution in [0.15, 0.2) is 24.5 Å². The molecule has 0 amide bonds. The largest absolute Gasteiger partial charge is 0.496 e. The second-order valence-electron chi connectivity index (χ2n) is 5.36. The summed E-state index contributed by atoms with van der Waals surface area (Å²) in [6, 6.07) is 4.06. The van der Waals surface area contributed by atoms with E-state index in [-0.39, 0.29) is 0 Å². The van der Waals surface area contributed by atoms with Crippen LogP contribution in [-0.4, -0.2) is 17.1 Å². The fraction of sp³-hybridized carbons (Fsp3) is 0.471. The van der Waals surface area contributed by atoms with Gasteiger partial charge in [-0.05, 0) is 49.4 Å². The molecule has 0 aliphatic rings. The minimum absolute atomic E-state index is 0.823. The molecule has 21 heavy (non-hydrogen) atoms. The van der Waals surface area contributed by atoms with Gasteiger partial charge in [0.05, 0.1) is 7.11 Å². The predicted octanol–water partition coefficient (Wildman–Crippen LogP) is 4.73. The number of rotatable bonds is 8. The third-order valence-electron chi connectivity index (χ3n) is 3.73. The van der Waals surface area contributed by atoms with E-state index >= 15 is 0 Å². The SMILES string of the molecule is COc1cc(C)c(Cl)cc1CCCCCCc1ncc[nH]1. The molecule has 114 valence electrons. The first-order valence-electron chi connectivity index (χ1n) is 7.52. The Morgan fingerprint density at radius 1 is 1.14 bits per heavy atom. The number of aromatic nitrogens is 2. The van der Waals surface area contributed by atoms with Gasteiger partial charge in [-0.15, -0.1) is 0 Å². The lowest BCUT2D eigenvalue weighted by Gasteiger charge is -2.11. The monoisotopic (exact) mass is 306 g/mol. The van der Waals surface area contributed by atoms with Gasteiger partial charge in [0.2, 0.25) is 0 Å². The molecule has 3 nitrogen and oxygen atoms in total. The van der Waals surface area contributed by atoms with Gasteiger partial charge in [0.1, 0.15) is 11.6 Å². The van der Waals surface area contributed by atoms with Crippen LogP contribution in [0.2, 0.25) is 5.02 Å². The molecule has 0 unspecified atom stereocenters. The van der Waals surface area contributed by atoms with Crippen molar-refractivity contribution in [2.75, 3.05) is 7.11 Å². The first kappa shape index (κ1) is 15.9. The Hall–Kier alpha value is -1.48. The van der Waals surface area contributed by atoms with Crippen LogP contribution < -0.4 is 4.74 Å². The minimum Gasteiger partial charge on any atom is -0.496 e. The maximum Gasteiger partial charge on any atom is 0.122 e. The van der Waals surface area contributed by atoms with E-state index in [4.69, 9.17) is 16.3 Å². The molecular weight excluding hydrogens is 284 g/mol. The number of unbranched alkanes of at least 4 members (excludes halogenated alkanes) is 3. The number of ether oxygens (including phenoxy) is 1. The zero-order valence-corrected chi connectivity index (χ0v) is 13.5. The Balaban J connectivity index is 1.72. The summed E-state index contributed by atoms with van der Waals surface area (Å²) in [6.45, 7) is 2.00. The fourth-order valence-electron chi connectivity index (χ4n) is 2.48. The molecular formula is C17H23ClN2O. The molecule has 0 radical (unpaired) electrons. The van der Waals surface area contributed by atoms with E-state index in [0.717, 1.165) is 41.4 Å². The normalized spacial score (nSPS) is 10.8. The highest BCUT2D eigenvalue weighted by Gasteiger charge is 2.06. The maximum absolute atomic E-state index is 6.20. The molecule has 2 aromatic rings. The first-order valence-corrected chi connectivity index (χ1v) is 7.89. The Kier molecular flexibility index (Phi) is 6.12. The van der Waals surface area contributed by atoms with Crippen LogP contribution in [0, 0.1) is 6.92 Å². The lowest BCUT2D eigenvalue weighted by molar-refractivity contribution is 0.408. The highest BCUT2D eigenvalue weighted by molar-refractivity contribution is 6.31. The highest BCUT2D eigenvalue weighted by Crippen LogP contribution is 2.28. The van der Waals surface area contributed by atoms with E-state index in [0.29, 0.717) is 0 Å². The van der Waals surface area contributed by atoms with Gasteiger partial charge in [-0.3, -0.25) is 0 Å². The molecule has 0 spiro atoms. The van der Waals surface area contributed by atoms with Crippen molar-refractivity contribution in [1.29, 1.82) is 0 Å². The lowest BCUT2D eigenvalue weighted by Crippen LogP contribution is -1.95. The van der Waals surface area contributed by atoms with Crippen LogP contribution in [-0.2, 0) is 12.8 Å². The number of H-pyrrole nitrogens is 1. The number of nitrogens with zero attached hydrogens (tertiary/aromatic N) is 1. The van der Waals surface area contributed by atoms with E-state index in [9.17, 15) is 0 Å². The molecule has 1 aromatic carbocycles. The molecule has 0 saturated heterocycles. The van der Waals surface area contributed by atoms with E-state index < -0.39 is 0 Å². The second kappa shape index (κ2) is 8.08. The molecule has 1 heterocycles. The topological polar surface area (TPSA) is 37.9 Å². The molecule has 4 heteroatoms. The van der Waals surface area contributed by atoms with Crippen LogP contribution in [0.3, 0.4) is 0 Å². The van der Waals surface area contributed by atoms with Crippen molar-refractivity contribution in [3.63, 3.8) is 0 Å². The van der Waals surface area contributed by atoms with Gasteiger partial charge in [-0.2, -0.15) is 0 Å². The summed E-state index contributed by atoms with van der Waals surface area (Å²) in [5.41, 5.74) is 2.27. The van der Waals surface area contributed by atoms with Crippen molar-refractivity contribution in [2.24, 2.45) is 0 Å². The van der Waals surface area contributed by atoms with Crippen molar-refractivity contribution in [3.8, 4) is 5.75 Å². The number of aromatic amines is 1. The molecule has 1 N–H and O–H groups in total. The molecule has 0 bridgehead atoms. The van der Waals surface area contributed by atoms with Crippen LogP contribution >= 0.6 is 11.6 Å². The van der Waals surface area contributed by atoms with E-state index in [1.807, 2.05) is 31.5 Å². The zero-order chi connectivity index (χ0) is 15.1. The quantitative estimate of drug-likeness (QED) is 0.716. The number of nitrogens with one attached hydrogen (secondary N) is 1. The van der Waals surface area contributed by atoms with Gasteiger partial charge in [-0.25, -0.2) is 4.98 Å². The van der Waals surface area contributed by atoms with Crippen LogP contribution in [0.5, 0.6) is 5.75 Å². The number of hydrogen-bond acceptors (Lipinski definition) is 2. The number of imidazole rings is 1. The summed E-state index contributed by atoms with van der Waals surface area (Å²) in [5, 5.41) is 0.823.